The Morgan fingerprint density at radius 2 is 1.74 bits per heavy atom. The van der Waals surface area contributed by atoms with Crippen LogP contribution in [0.15, 0.2) is 96.3 Å². The zero-order valence-electron chi connectivity index (χ0n) is 26.7. The van der Waals surface area contributed by atoms with E-state index < -0.39 is 29.7 Å². The van der Waals surface area contributed by atoms with Crippen LogP contribution in [0, 0.1) is 23.1 Å². The van der Waals surface area contributed by atoms with Gasteiger partial charge in [-0.25, -0.2) is 9.18 Å². The summed E-state index contributed by atoms with van der Waals surface area (Å²) in [4.78, 5) is 32.5. The lowest BCUT2D eigenvalue weighted by atomic mass is 9.90. The summed E-state index contributed by atoms with van der Waals surface area (Å²) < 4.78 is 26.4. The fourth-order valence-electron chi connectivity index (χ4n) is 5.93. The van der Waals surface area contributed by atoms with Crippen molar-refractivity contribution in [1.29, 1.82) is 5.26 Å². The highest BCUT2D eigenvalue weighted by Gasteiger charge is 2.50. The molecule has 3 aromatic carbocycles. The maximum absolute atomic E-state index is 15.1. The van der Waals surface area contributed by atoms with Crippen molar-refractivity contribution in [3.05, 3.63) is 119 Å². The van der Waals surface area contributed by atoms with Gasteiger partial charge in [-0.2, -0.15) is 5.26 Å². The van der Waals surface area contributed by atoms with Crippen LogP contribution in [0.5, 0.6) is 5.75 Å². The Morgan fingerprint density at radius 3 is 2.39 bits per heavy atom. The van der Waals surface area contributed by atoms with E-state index in [-0.39, 0.29) is 13.0 Å². The number of benzene rings is 3. The van der Waals surface area contributed by atoms with Gasteiger partial charge in [0.05, 0.1) is 43.3 Å². The SMILES string of the molecule is CCOC(=O)C1C(=O)C=C2N(CN(C)Cc3ccccc3)C(c3ccc(OCC(C)C)cc3)=C(C#N)C(Cc3ccccc3F)N21. The Labute approximate surface area is 269 Å². The summed E-state index contributed by atoms with van der Waals surface area (Å²) in [5.41, 5.74) is 3.09. The van der Waals surface area contributed by atoms with Gasteiger partial charge in [0.1, 0.15) is 17.4 Å². The zero-order valence-corrected chi connectivity index (χ0v) is 26.7. The van der Waals surface area contributed by atoms with Crippen molar-refractivity contribution in [3.63, 3.8) is 0 Å². The van der Waals surface area contributed by atoms with Crippen molar-refractivity contribution < 1.29 is 23.5 Å². The molecule has 2 aliphatic rings. The molecule has 0 spiro atoms. The third-order valence-corrected chi connectivity index (χ3v) is 7.94. The molecule has 0 aromatic heterocycles. The Balaban J connectivity index is 1.66. The van der Waals surface area contributed by atoms with Crippen LogP contribution in [0.25, 0.3) is 5.70 Å². The lowest BCUT2D eigenvalue weighted by molar-refractivity contribution is -0.151. The number of halogens is 1. The molecule has 0 amide bonds. The van der Waals surface area contributed by atoms with Crippen molar-refractivity contribution in [2.75, 3.05) is 26.9 Å². The maximum Gasteiger partial charge on any atom is 0.337 e. The van der Waals surface area contributed by atoms with Gasteiger partial charge >= 0.3 is 5.97 Å². The van der Waals surface area contributed by atoms with Gasteiger partial charge in [0.25, 0.3) is 0 Å². The predicted octanol–water partition coefficient (Wildman–Crippen LogP) is 5.77. The van der Waals surface area contributed by atoms with Gasteiger partial charge in [-0.15, -0.1) is 0 Å². The maximum atomic E-state index is 15.1. The summed E-state index contributed by atoms with van der Waals surface area (Å²) in [5, 5.41) is 10.8. The van der Waals surface area contributed by atoms with E-state index in [1.54, 1.807) is 30.0 Å². The van der Waals surface area contributed by atoms with Crippen LogP contribution in [-0.4, -0.2) is 65.5 Å². The average molecular weight is 623 g/mol. The molecular formula is C37H39FN4O4. The number of nitrogens with zero attached hydrogens (tertiary/aromatic N) is 4. The average Bonchev–Trinajstić information content (AvgIpc) is 3.39. The number of carbonyl (C=O) groups excluding carboxylic acids is 2. The van der Waals surface area contributed by atoms with E-state index >= 15 is 4.39 Å². The van der Waals surface area contributed by atoms with E-state index in [1.165, 1.54) is 12.1 Å². The van der Waals surface area contributed by atoms with E-state index in [1.807, 2.05) is 66.5 Å². The first-order valence-electron chi connectivity index (χ1n) is 15.5. The molecule has 2 unspecified atom stereocenters. The molecule has 2 aliphatic heterocycles. The predicted molar refractivity (Wildman–Crippen MR) is 173 cm³/mol. The summed E-state index contributed by atoms with van der Waals surface area (Å²) in [7, 11) is 1.95. The number of esters is 1. The van der Waals surface area contributed by atoms with Crippen LogP contribution < -0.4 is 4.74 Å². The second-order valence-corrected chi connectivity index (χ2v) is 12.0. The summed E-state index contributed by atoms with van der Waals surface area (Å²) >= 11 is 0. The second-order valence-electron chi connectivity index (χ2n) is 12.0. The van der Waals surface area contributed by atoms with Crippen LogP contribution in [0.3, 0.4) is 0 Å². The second kappa shape index (κ2) is 14.4. The summed E-state index contributed by atoms with van der Waals surface area (Å²) in [6, 6.07) is 24.1. The van der Waals surface area contributed by atoms with E-state index in [0.29, 0.717) is 54.1 Å². The molecule has 0 aliphatic carbocycles. The topological polar surface area (TPSA) is 86.1 Å². The van der Waals surface area contributed by atoms with Gasteiger partial charge in [-0.3, -0.25) is 9.69 Å². The van der Waals surface area contributed by atoms with Crippen LogP contribution in [-0.2, 0) is 27.3 Å². The molecule has 8 nitrogen and oxygen atoms in total. The number of hydrogen-bond acceptors (Lipinski definition) is 8. The summed E-state index contributed by atoms with van der Waals surface area (Å²) in [5.74, 6) is -0.0747. The fraction of sp³-hybridized carbons (Fsp3) is 0.324. The first kappa shape index (κ1) is 32.5. The number of ether oxygens (including phenoxy) is 2. The minimum absolute atomic E-state index is 0.0584. The molecule has 0 N–H and O–H groups in total. The number of fused-ring (bicyclic) bond motifs is 1. The minimum Gasteiger partial charge on any atom is -0.493 e. The molecular weight excluding hydrogens is 583 g/mol. The number of nitriles is 1. The van der Waals surface area contributed by atoms with Crippen LogP contribution in [0.4, 0.5) is 4.39 Å². The molecule has 0 bridgehead atoms. The van der Waals surface area contributed by atoms with Crippen molar-refractivity contribution in [1.82, 2.24) is 14.7 Å². The smallest absolute Gasteiger partial charge is 0.337 e. The van der Waals surface area contributed by atoms with Gasteiger partial charge in [0.15, 0.2) is 11.8 Å². The van der Waals surface area contributed by atoms with Crippen molar-refractivity contribution in [2.24, 2.45) is 5.92 Å². The van der Waals surface area contributed by atoms with Crippen molar-refractivity contribution in [3.8, 4) is 11.8 Å². The lowest BCUT2D eigenvalue weighted by Crippen LogP contribution is -2.55. The van der Waals surface area contributed by atoms with E-state index in [0.717, 1.165) is 11.1 Å². The number of hydrogen-bond donors (Lipinski definition) is 0. The lowest BCUT2D eigenvalue weighted by Gasteiger charge is -2.46. The number of rotatable bonds is 12. The third-order valence-electron chi connectivity index (χ3n) is 7.94. The third kappa shape index (κ3) is 6.98. The van der Waals surface area contributed by atoms with Gasteiger partial charge in [-0.05, 0) is 66.9 Å². The molecule has 9 heteroatoms. The Morgan fingerprint density at radius 1 is 1.04 bits per heavy atom. The number of carbonyl (C=O) groups is 2. The Kier molecular flexibility index (Phi) is 10.2. The molecule has 2 heterocycles. The van der Waals surface area contributed by atoms with E-state index in [2.05, 4.69) is 24.8 Å². The minimum atomic E-state index is -1.30. The van der Waals surface area contributed by atoms with E-state index in [9.17, 15) is 14.9 Å². The normalized spacial score (nSPS) is 17.7. The van der Waals surface area contributed by atoms with Crippen LogP contribution in [0.1, 0.15) is 37.5 Å². The first-order chi connectivity index (χ1) is 22.2. The molecule has 46 heavy (non-hydrogen) atoms. The molecule has 0 fully saturated rings. The zero-order chi connectivity index (χ0) is 32.8. The van der Waals surface area contributed by atoms with Gasteiger partial charge in [-0.1, -0.05) is 62.4 Å². The summed E-state index contributed by atoms with van der Waals surface area (Å²) in [6.07, 6.45) is 1.50. The molecule has 5 rings (SSSR count). The van der Waals surface area contributed by atoms with Crippen molar-refractivity contribution >= 4 is 17.4 Å². The van der Waals surface area contributed by atoms with Gasteiger partial charge < -0.3 is 19.3 Å². The monoisotopic (exact) mass is 622 g/mol. The summed E-state index contributed by atoms with van der Waals surface area (Å²) in [6.45, 7) is 7.36. The Bertz CT molecular complexity index is 1660. The molecule has 0 saturated carbocycles. The molecule has 3 aromatic rings. The van der Waals surface area contributed by atoms with Crippen molar-refractivity contribution in [2.45, 2.75) is 45.8 Å². The van der Waals surface area contributed by atoms with Crippen LogP contribution >= 0.6 is 0 Å². The number of ketones is 1. The quantitative estimate of drug-likeness (QED) is 0.186. The highest BCUT2D eigenvalue weighted by molar-refractivity contribution is 6.11. The fourth-order valence-corrected chi connectivity index (χ4v) is 5.93. The van der Waals surface area contributed by atoms with Gasteiger partial charge in [0, 0.05) is 19.0 Å². The standard InChI is InChI=1S/C37H39FN4O4/c1-5-45-37(44)36-33(43)20-34-41(24-40(4)22-26-11-7-6-8-12-26)35(27-15-17-29(18-16-27)46-23-25(2)3)30(21-39)32(42(34)36)19-28-13-9-10-14-31(28)38/h6-18,20,25,32,36H,5,19,22-24H2,1-4H3. The largest absolute Gasteiger partial charge is 0.493 e. The first-order valence-corrected chi connectivity index (χ1v) is 15.5. The highest BCUT2D eigenvalue weighted by Crippen LogP contribution is 2.43. The highest BCUT2D eigenvalue weighted by atomic mass is 19.1. The molecule has 0 saturated heterocycles. The van der Waals surface area contributed by atoms with E-state index in [4.69, 9.17) is 9.47 Å². The van der Waals surface area contributed by atoms with Crippen LogP contribution in [0.2, 0.25) is 0 Å². The molecule has 238 valence electrons. The molecule has 2 atom stereocenters. The van der Waals surface area contributed by atoms with Gasteiger partial charge in [0.2, 0.25) is 0 Å². The molecule has 0 radical (unpaired) electrons. The Hall–Kier alpha value is -4.94.